The van der Waals surface area contributed by atoms with E-state index >= 15 is 0 Å². The summed E-state index contributed by atoms with van der Waals surface area (Å²) in [7, 11) is -3.51. The molecule has 0 aliphatic carbocycles. The summed E-state index contributed by atoms with van der Waals surface area (Å²) in [6.07, 6.45) is 0.361. The van der Waals surface area contributed by atoms with Crippen LogP contribution in [0, 0.1) is 0 Å². The number of amides is 1. The van der Waals surface area contributed by atoms with Crippen molar-refractivity contribution in [1.29, 1.82) is 0 Å². The third kappa shape index (κ3) is 5.55. The molecule has 1 amide bonds. The lowest BCUT2D eigenvalue weighted by molar-refractivity contribution is -0.116. The minimum Gasteiger partial charge on any atom is -0.326 e. The highest BCUT2D eigenvalue weighted by atomic mass is 79.9. The third-order valence-corrected chi connectivity index (χ3v) is 7.26. The Bertz CT molecular complexity index is 912. The normalized spacial score (nSPS) is 16.1. The monoisotopic (exact) mass is 485 g/mol. The number of piperazine rings is 1. The molecule has 1 heterocycles. The van der Waals surface area contributed by atoms with Crippen LogP contribution < -0.4 is 5.32 Å². The molecule has 2 aromatic carbocycles. The zero-order valence-corrected chi connectivity index (χ0v) is 18.3. The van der Waals surface area contributed by atoms with Crippen molar-refractivity contribution in [1.82, 2.24) is 9.21 Å². The zero-order valence-electron chi connectivity index (χ0n) is 15.1. The lowest BCUT2D eigenvalue weighted by atomic mass is 10.3. The SMILES string of the molecule is O=C(CCN1CCN(S(=O)(=O)c2ccc(Cl)cc2)CC1)Nc1ccc(Br)cc1. The molecule has 0 bridgehead atoms. The number of anilines is 1. The molecule has 1 N–H and O–H groups in total. The van der Waals surface area contributed by atoms with Crippen molar-refractivity contribution in [3.05, 3.63) is 58.0 Å². The van der Waals surface area contributed by atoms with Gasteiger partial charge in [0.1, 0.15) is 0 Å². The first kappa shape index (κ1) is 21.3. The predicted octanol–water partition coefficient (Wildman–Crippen LogP) is 3.44. The average molecular weight is 487 g/mol. The molecule has 1 fully saturated rings. The van der Waals surface area contributed by atoms with Gasteiger partial charge in [-0.25, -0.2) is 8.42 Å². The first-order valence-corrected chi connectivity index (χ1v) is 11.5. The van der Waals surface area contributed by atoms with E-state index in [1.807, 2.05) is 24.3 Å². The first-order valence-electron chi connectivity index (χ1n) is 8.88. The van der Waals surface area contributed by atoms with E-state index in [0.29, 0.717) is 44.2 Å². The van der Waals surface area contributed by atoms with Crippen LogP contribution >= 0.6 is 27.5 Å². The van der Waals surface area contributed by atoms with E-state index in [2.05, 4.69) is 26.1 Å². The highest BCUT2D eigenvalue weighted by Crippen LogP contribution is 2.20. The van der Waals surface area contributed by atoms with Crippen LogP contribution in [0.25, 0.3) is 0 Å². The lowest BCUT2D eigenvalue weighted by Gasteiger charge is -2.33. The number of hydrogen-bond acceptors (Lipinski definition) is 4. The molecule has 0 atom stereocenters. The van der Waals surface area contributed by atoms with Crippen LogP contribution in [0.5, 0.6) is 0 Å². The number of benzene rings is 2. The number of nitrogens with one attached hydrogen (secondary N) is 1. The van der Waals surface area contributed by atoms with Crippen LogP contribution in [-0.4, -0.2) is 56.3 Å². The molecule has 0 unspecified atom stereocenters. The maximum absolute atomic E-state index is 12.7. The highest BCUT2D eigenvalue weighted by Gasteiger charge is 2.28. The summed E-state index contributed by atoms with van der Waals surface area (Å²) < 4.78 is 27.8. The van der Waals surface area contributed by atoms with Crippen molar-refractivity contribution in [2.75, 3.05) is 38.0 Å². The van der Waals surface area contributed by atoms with Gasteiger partial charge in [-0.1, -0.05) is 27.5 Å². The molecule has 3 rings (SSSR count). The van der Waals surface area contributed by atoms with Crippen LogP contribution in [0.1, 0.15) is 6.42 Å². The first-order chi connectivity index (χ1) is 13.3. The number of hydrogen-bond donors (Lipinski definition) is 1. The summed E-state index contributed by atoms with van der Waals surface area (Å²) in [5.74, 6) is -0.0569. The smallest absolute Gasteiger partial charge is 0.243 e. The number of carbonyl (C=O) groups is 1. The molecule has 150 valence electrons. The maximum Gasteiger partial charge on any atom is 0.243 e. The molecular weight excluding hydrogens is 466 g/mol. The molecular formula is C19H21BrClN3O3S. The van der Waals surface area contributed by atoms with E-state index < -0.39 is 10.0 Å². The van der Waals surface area contributed by atoms with Crippen LogP contribution in [0.2, 0.25) is 5.02 Å². The molecule has 9 heteroatoms. The molecule has 6 nitrogen and oxygen atoms in total. The Morgan fingerprint density at radius 2 is 1.61 bits per heavy atom. The highest BCUT2D eigenvalue weighted by molar-refractivity contribution is 9.10. The Labute approximate surface area is 178 Å². The summed E-state index contributed by atoms with van der Waals surface area (Å²) in [6.45, 7) is 2.59. The van der Waals surface area contributed by atoms with Gasteiger partial charge in [0.15, 0.2) is 0 Å². The van der Waals surface area contributed by atoms with Crippen molar-refractivity contribution in [2.24, 2.45) is 0 Å². The minimum absolute atomic E-state index is 0.0569. The van der Waals surface area contributed by atoms with Gasteiger partial charge in [-0.2, -0.15) is 4.31 Å². The number of sulfonamides is 1. The molecule has 0 aromatic heterocycles. The second-order valence-electron chi connectivity index (χ2n) is 6.50. The van der Waals surface area contributed by atoms with E-state index in [1.165, 1.54) is 16.4 Å². The molecule has 1 aliphatic rings. The summed E-state index contributed by atoms with van der Waals surface area (Å²) in [6, 6.07) is 13.6. The number of carbonyl (C=O) groups excluding carboxylic acids is 1. The van der Waals surface area contributed by atoms with Crippen molar-refractivity contribution < 1.29 is 13.2 Å². The second-order valence-corrected chi connectivity index (χ2v) is 9.79. The maximum atomic E-state index is 12.7. The predicted molar refractivity (Wildman–Crippen MR) is 114 cm³/mol. The molecule has 28 heavy (non-hydrogen) atoms. The fraction of sp³-hybridized carbons (Fsp3) is 0.316. The fourth-order valence-electron chi connectivity index (χ4n) is 2.97. The molecule has 0 saturated carbocycles. The van der Waals surface area contributed by atoms with E-state index in [4.69, 9.17) is 11.6 Å². The van der Waals surface area contributed by atoms with Crippen molar-refractivity contribution in [3.8, 4) is 0 Å². The standard InChI is InChI=1S/C19H21BrClN3O3S/c20-15-1-5-17(6-2-15)22-19(25)9-10-23-11-13-24(14-12-23)28(26,27)18-7-3-16(21)4-8-18/h1-8H,9-14H2,(H,22,25). The largest absolute Gasteiger partial charge is 0.326 e. The summed E-state index contributed by atoms with van der Waals surface area (Å²) in [5.41, 5.74) is 0.757. The van der Waals surface area contributed by atoms with Gasteiger partial charge in [0.05, 0.1) is 4.90 Å². The fourth-order valence-corrected chi connectivity index (χ4v) is 4.78. The van der Waals surface area contributed by atoms with Crippen molar-refractivity contribution >= 4 is 49.1 Å². The van der Waals surface area contributed by atoms with Gasteiger partial charge in [-0.15, -0.1) is 0 Å². The Balaban J connectivity index is 1.46. The Morgan fingerprint density at radius 1 is 1.00 bits per heavy atom. The summed E-state index contributed by atoms with van der Waals surface area (Å²) in [5, 5.41) is 3.37. The van der Waals surface area contributed by atoms with E-state index in [9.17, 15) is 13.2 Å². The quantitative estimate of drug-likeness (QED) is 0.679. The van der Waals surface area contributed by atoms with Gasteiger partial charge in [0.2, 0.25) is 15.9 Å². The topological polar surface area (TPSA) is 69.7 Å². The average Bonchev–Trinajstić information content (AvgIpc) is 2.69. The zero-order chi connectivity index (χ0) is 20.1. The lowest BCUT2D eigenvalue weighted by Crippen LogP contribution is -2.49. The minimum atomic E-state index is -3.51. The van der Waals surface area contributed by atoms with E-state index in [1.54, 1.807) is 12.1 Å². The molecule has 0 spiro atoms. The van der Waals surface area contributed by atoms with Gasteiger partial charge in [-0.3, -0.25) is 4.79 Å². The number of rotatable bonds is 6. The molecule has 2 aromatic rings. The van der Waals surface area contributed by atoms with Crippen molar-refractivity contribution in [3.63, 3.8) is 0 Å². The molecule has 1 aliphatic heterocycles. The van der Waals surface area contributed by atoms with Gasteiger partial charge < -0.3 is 10.2 Å². The van der Waals surface area contributed by atoms with Crippen LogP contribution in [0.15, 0.2) is 57.9 Å². The Morgan fingerprint density at radius 3 is 2.21 bits per heavy atom. The second kappa shape index (κ2) is 9.37. The van der Waals surface area contributed by atoms with Crippen LogP contribution in [0.3, 0.4) is 0 Å². The van der Waals surface area contributed by atoms with E-state index in [0.717, 1.165) is 10.2 Å². The van der Waals surface area contributed by atoms with Gasteiger partial charge >= 0.3 is 0 Å². The summed E-state index contributed by atoms with van der Waals surface area (Å²) >= 11 is 9.19. The van der Waals surface area contributed by atoms with Crippen molar-refractivity contribution in [2.45, 2.75) is 11.3 Å². The van der Waals surface area contributed by atoms with E-state index in [-0.39, 0.29) is 10.8 Å². The molecule has 1 saturated heterocycles. The van der Waals surface area contributed by atoms with Crippen LogP contribution in [-0.2, 0) is 14.8 Å². The summed E-state index contributed by atoms with van der Waals surface area (Å²) in [4.78, 5) is 14.5. The number of halogens is 2. The molecule has 0 radical (unpaired) electrons. The van der Waals surface area contributed by atoms with Gasteiger partial charge in [-0.05, 0) is 48.5 Å². The van der Waals surface area contributed by atoms with Crippen LogP contribution in [0.4, 0.5) is 5.69 Å². The van der Waals surface area contributed by atoms with Gasteiger partial charge in [0.25, 0.3) is 0 Å². The third-order valence-electron chi connectivity index (χ3n) is 4.57. The number of nitrogens with zero attached hydrogens (tertiary/aromatic N) is 2. The van der Waals surface area contributed by atoms with Gasteiger partial charge in [0, 0.05) is 54.3 Å². The Kier molecular flexibility index (Phi) is 7.11. The Hall–Kier alpha value is -1.45.